The summed E-state index contributed by atoms with van der Waals surface area (Å²) in [5.74, 6) is -0.0440. The molecule has 0 spiro atoms. The van der Waals surface area contributed by atoms with E-state index < -0.39 is 0 Å². The standard InChI is InChI=1S/C9H9BrClNO/c1-5-6(11)2-3-7(12)9(5)8(13)4-10/h2-3H,4,12H2,1H3. The fourth-order valence-corrected chi connectivity index (χ4v) is 1.58. The normalized spacial score (nSPS) is 10.1. The van der Waals surface area contributed by atoms with Gasteiger partial charge in [0.1, 0.15) is 0 Å². The molecule has 0 saturated carbocycles. The van der Waals surface area contributed by atoms with Crippen LogP contribution < -0.4 is 5.73 Å². The molecule has 0 unspecified atom stereocenters. The van der Waals surface area contributed by atoms with Gasteiger partial charge in [0.05, 0.1) is 5.33 Å². The zero-order valence-corrected chi connectivity index (χ0v) is 9.45. The minimum absolute atomic E-state index is 0.0440. The van der Waals surface area contributed by atoms with E-state index in [1.807, 2.05) is 0 Å². The summed E-state index contributed by atoms with van der Waals surface area (Å²) in [6, 6.07) is 3.34. The smallest absolute Gasteiger partial charge is 0.175 e. The van der Waals surface area contributed by atoms with Gasteiger partial charge in [0.25, 0.3) is 0 Å². The highest BCUT2D eigenvalue weighted by Crippen LogP contribution is 2.25. The summed E-state index contributed by atoms with van der Waals surface area (Å²) in [4.78, 5) is 11.4. The third-order valence-corrected chi connectivity index (χ3v) is 2.75. The van der Waals surface area contributed by atoms with E-state index in [-0.39, 0.29) is 11.1 Å². The molecule has 0 aliphatic carbocycles. The molecule has 13 heavy (non-hydrogen) atoms. The minimum atomic E-state index is -0.0440. The number of rotatable bonds is 2. The van der Waals surface area contributed by atoms with E-state index in [2.05, 4.69) is 15.9 Å². The molecule has 0 atom stereocenters. The summed E-state index contributed by atoms with van der Waals surface area (Å²) >= 11 is 8.96. The van der Waals surface area contributed by atoms with Crippen molar-refractivity contribution in [3.63, 3.8) is 0 Å². The molecule has 1 rings (SSSR count). The minimum Gasteiger partial charge on any atom is -0.398 e. The molecule has 0 fully saturated rings. The monoisotopic (exact) mass is 261 g/mol. The number of Topliss-reactive ketones (excluding diaryl/α,β-unsaturated/α-hetero) is 1. The van der Waals surface area contributed by atoms with Crippen LogP contribution in [-0.2, 0) is 0 Å². The molecule has 0 aromatic heterocycles. The first-order chi connectivity index (χ1) is 6.07. The van der Waals surface area contributed by atoms with E-state index in [0.29, 0.717) is 16.3 Å². The van der Waals surface area contributed by atoms with E-state index in [1.54, 1.807) is 19.1 Å². The number of alkyl halides is 1. The maximum Gasteiger partial charge on any atom is 0.175 e. The van der Waals surface area contributed by atoms with E-state index in [4.69, 9.17) is 17.3 Å². The highest BCUT2D eigenvalue weighted by atomic mass is 79.9. The largest absolute Gasteiger partial charge is 0.398 e. The Kier molecular flexibility index (Phi) is 3.33. The Bertz CT molecular complexity index is 352. The van der Waals surface area contributed by atoms with E-state index >= 15 is 0 Å². The Labute approximate surface area is 90.2 Å². The fraction of sp³-hybridized carbons (Fsp3) is 0.222. The second-order valence-electron chi connectivity index (χ2n) is 2.69. The zero-order valence-electron chi connectivity index (χ0n) is 7.10. The van der Waals surface area contributed by atoms with Crippen LogP contribution in [0.1, 0.15) is 15.9 Å². The second kappa shape index (κ2) is 4.11. The molecule has 0 heterocycles. The van der Waals surface area contributed by atoms with E-state index in [9.17, 15) is 4.79 Å². The van der Waals surface area contributed by atoms with Crippen LogP contribution in [0.3, 0.4) is 0 Å². The molecule has 1 aromatic carbocycles. The van der Waals surface area contributed by atoms with Gasteiger partial charge in [-0.05, 0) is 24.6 Å². The first kappa shape index (κ1) is 10.5. The van der Waals surface area contributed by atoms with Gasteiger partial charge < -0.3 is 5.73 Å². The predicted molar refractivity (Wildman–Crippen MR) is 58.7 cm³/mol. The molecule has 0 saturated heterocycles. The van der Waals surface area contributed by atoms with E-state index in [0.717, 1.165) is 5.56 Å². The number of ketones is 1. The number of hydrogen-bond donors (Lipinski definition) is 1. The average Bonchev–Trinajstić information content (AvgIpc) is 2.12. The molecule has 4 heteroatoms. The molecule has 0 aliphatic heterocycles. The van der Waals surface area contributed by atoms with E-state index in [1.165, 1.54) is 0 Å². The average molecular weight is 263 g/mol. The zero-order chi connectivity index (χ0) is 10.0. The van der Waals surface area contributed by atoms with Crippen molar-refractivity contribution >= 4 is 39.0 Å². The molecule has 0 bridgehead atoms. The molecule has 0 aliphatic rings. The third-order valence-electron chi connectivity index (χ3n) is 1.83. The Balaban J connectivity index is 3.33. The Hall–Kier alpha value is -0.540. The summed E-state index contributed by atoms with van der Waals surface area (Å²) in [6.07, 6.45) is 0. The van der Waals surface area contributed by atoms with Gasteiger partial charge >= 0.3 is 0 Å². The lowest BCUT2D eigenvalue weighted by molar-refractivity contribution is 0.102. The quantitative estimate of drug-likeness (QED) is 0.506. The molecule has 2 N–H and O–H groups in total. The Morgan fingerprint density at radius 1 is 1.62 bits per heavy atom. The van der Waals surface area contributed by atoms with Crippen LogP contribution >= 0.6 is 27.5 Å². The third kappa shape index (κ3) is 2.03. The summed E-state index contributed by atoms with van der Waals surface area (Å²) in [6.45, 7) is 1.79. The van der Waals surface area contributed by atoms with Gasteiger partial charge in [-0.1, -0.05) is 27.5 Å². The van der Waals surface area contributed by atoms with Gasteiger partial charge in [-0.3, -0.25) is 4.79 Å². The number of hydrogen-bond acceptors (Lipinski definition) is 2. The van der Waals surface area contributed by atoms with Crippen molar-refractivity contribution in [1.82, 2.24) is 0 Å². The van der Waals surface area contributed by atoms with Crippen LogP contribution in [0.4, 0.5) is 5.69 Å². The highest BCUT2D eigenvalue weighted by Gasteiger charge is 2.13. The number of anilines is 1. The van der Waals surface area contributed by atoms with Gasteiger partial charge in [0.15, 0.2) is 5.78 Å². The number of nitrogens with two attached hydrogens (primary N) is 1. The summed E-state index contributed by atoms with van der Waals surface area (Å²) in [5.41, 5.74) is 7.40. The fourth-order valence-electron chi connectivity index (χ4n) is 1.14. The first-order valence-electron chi connectivity index (χ1n) is 3.71. The Morgan fingerprint density at radius 2 is 2.23 bits per heavy atom. The Morgan fingerprint density at radius 3 is 2.77 bits per heavy atom. The van der Waals surface area contributed by atoms with Crippen molar-refractivity contribution in [3.05, 3.63) is 28.3 Å². The van der Waals surface area contributed by atoms with Gasteiger partial charge in [-0.25, -0.2) is 0 Å². The van der Waals surface area contributed by atoms with Gasteiger partial charge in [0.2, 0.25) is 0 Å². The molecule has 0 amide bonds. The van der Waals surface area contributed by atoms with Crippen molar-refractivity contribution < 1.29 is 4.79 Å². The van der Waals surface area contributed by atoms with Crippen LogP contribution in [0.15, 0.2) is 12.1 Å². The second-order valence-corrected chi connectivity index (χ2v) is 3.66. The van der Waals surface area contributed by atoms with Crippen molar-refractivity contribution in [2.45, 2.75) is 6.92 Å². The van der Waals surface area contributed by atoms with Crippen LogP contribution in [0.25, 0.3) is 0 Å². The van der Waals surface area contributed by atoms with Gasteiger partial charge in [0, 0.05) is 16.3 Å². The number of halogens is 2. The summed E-state index contributed by atoms with van der Waals surface area (Å²) in [5, 5.41) is 0.830. The number of carbonyl (C=O) groups is 1. The molecule has 1 aromatic rings. The highest BCUT2D eigenvalue weighted by molar-refractivity contribution is 9.09. The molecular weight excluding hydrogens is 253 g/mol. The van der Waals surface area contributed by atoms with Gasteiger partial charge in [-0.2, -0.15) is 0 Å². The van der Waals surface area contributed by atoms with Crippen LogP contribution in [0, 0.1) is 6.92 Å². The predicted octanol–water partition coefficient (Wildman–Crippen LogP) is 2.81. The summed E-state index contributed by atoms with van der Waals surface area (Å²) < 4.78 is 0. The lowest BCUT2D eigenvalue weighted by Crippen LogP contribution is -2.07. The van der Waals surface area contributed by atoms with Crippen LogP contribution in [0.5, 0.6) is 0 Å². The molecule has 70 valence electrons. The number of benzene rings is 1. The molecule has 0 radical (unpaired) electrons. The number of nitrogen functional groups attached to an aromatic ring is 1. The lowest BCUT2D eigenvalue weighted by atomic mass is 10.0. The van der Waals surface area contributed by atoms with Gasteiger partial charge in [-0.15, -0.1) is 0 Å². The summed E-state index contributed by atoms with van der Waals surface area (Å²) in [7, 11) is 0. The first-order valence-corrected chi connectivity index (χ1v) is 5.21. The van der Waals surface area contributed by atoms with Crippen LogP contribution in [-0.4, -0.2) is 11.1 Å². The lowest BCUT2D eigenvalue weighted by Gasteiger charge is -2.07. The molecule has 2 nitrogen and oxygen atoms in total. The maximum atomic E-state index is 11.4. The SMILES string of the molecule is Cc1c(Cl)ccc(N)c1C(=O)CBr. The topological polar surface area (TPSA) is 43.1 Å². The van der Waals surface area contributed by atoms with Crippen molar-refractivity contribution in [1.29, 1.82) is 0 Å². The molecular formula is C9H9BrClNO. The van der Waals surface area contributed by atoms with Crippen molar-refractivity contribution in [3.8, 4) is 0 Å². The maximum absolute atomic E-state index is 11.4. The van der Waals surface area contributed by atoms with Crippen molar-refractivity contribution in [2.75, 3.05) is 11.1 Å². The number of carbonyl (C=O) groups excluding carboxylic acids is 1. The van der Waals surface area contributed by atoms with Crippen LogP contribution in [0.2, 0.25) is 5.02 Å². The van der Waals surface area contributed by atoms with Crippen molar-refractivity contribution in [2.24, 2.45) is 0 Å².